The van der Waals surface area contributed by atoms with Gasteiger partial charge in [-0.05, 0) is 30.0 Å². The fourth-order valence-electron chi connectivity index (χ4n) is 1.87. The molecule has 2 unspecified atom stereocenters. The minimum absolute atomic E-state index is 0.0858. The van der Waals surface area contributed by atoms with Crippen molar-refractivity contribution in [3.05, 3.63) is 32.8 Å². The summed E-state index contributed by atoms with van der Waals surface area (Å²) in [5.74, 6) is -1.62. The fraction of sp³-hybridized carbons (Fsp3) is 0.417. The quantitative estimate of drug-likeness (QED) is 0.869. The van der Waals surface area contributed by atoms with Crippen LogP contribution in [0.3, 0.4) is 0 Å². The topological polar surface area (TPSA) is 63.3 Å². The van der Waals surface area contributed by atoms with E-state index in [1.165, 1.54) is 0 Å². The van der Waals surface area contributed by atoms with Crippen LogP contribution in [0.25, 0.3) is 0 Å². The lowest BCUT2D eigenvalue weighted by molar-refractivity contribution is -0.141. The molecule has 1 aromatic carbocycles. The molecular weight excluding hydrogens is 296 g/mol. The van der Waals surface area contributed by atoms with Gasteiger partial charge in [0, 0.05) is 21.6 Å². The Morgan fingerprint density at radius 2 is 1.83 bits per heavy atom. The molecule has 0 aromatic heterocycles. The maximum atomic E-state index is 11.0. The Labute approximate surface area is 121 Å². The second-order valence-electron chi connectivity index (χ2n) is 4.19. The van der Waals surface area contributed by atoms with Crippen LogP contribution in [-0.2, 0) is 4.79 Å². The van der Waals surface area contributed by atoms with Crippen LogP contribution in [0, 0.1) is 5.92 Å². The molecule has 0 spiro atoms. The number of aliphatic carboxylic acids is 1. The molecule has 3 N–H and O–H groups in total. The Balaban J connectivity index is 2.97. The van der Waals surface area contributed by atoms with Gasteiger partial charge >= 0.3 is 5.97 Å². The summed E-state index contributed by atoms with van der Waals surface area (Å²) < 4.78 is 0. The molecule has 3 nitrogen and oxygen atoms in total. The largest absolute Gasteiger partial charge is 0.481 e. The Kier molecular flexibility index (Phi) is 5.73. The predicted molar refractivity (Wildman–Crippen MR) is 74.7 cm³/mol. The second kappa shape index (κ2) is 6.62. The highest BCUT2D eigenvalue weighted by atomic mass is 35.5. The van der Waals surface area contributed by atoms with Gasteiger partial charge in [0.1, 0.15) is 0 Å². The Morgan fingerprint density at radius 1 is 1.33 bits per heavy atom. The minimum atomic E-state index is -0.912. The third-order valence-electron chi connectivity index (χ3n) is 2.81. The van der Waals surface area contributed by atoms with Gasteiger partial charge in [-0.3, -0.25) is 4.79 Å². The molecule has 100 valence electrons. The monoisotopic (exact) mass is 309 g/mol. The number of nitrogens with two attached hydrogens (primary N) is 1. The number of hydrogen-bond donors (Lipinski definition) is 2. The van der Waals surface area contributed by atoms with Crippen LogP contribution in [-0.4, -0.2) is 17.6 Å². The highest BCUT2D eigenvalue weighted by molar-refractivity contribution is 6.39. The number of halogens is 3. The SMILES string of the molecule is CC(CC(CN)C(=O)O)c1c(Cl)cc(Cl)cc1Cl. The maximum absolute atomic E-state index is 11.0. The van der Waals surface area contributed by atoms with E-state index in [1.54, 1.807) is 12.1 Å². The molecule has 2 atom stereocenters. The van der Waals surface area contributed by atoms with Gasteiger partial charge in [0.15, 0.2) is 0 Å². The molecule has 0 fully saturated rings. The van der Waals surface area contributed by atoms with Crippen LogP contribution >= 0.6 is 34.8 Å². The van der Waals surface area contributed by atoms with Crippen LogP contribution < -0.4 is 5.73 Å². The number of benzene rings is 1. The molecule has 0 radical (unpaired) electrons. The van der Waals surface area contributed by atoms with Crippen LogP contribution in [0.2, 0.25) is 15.1 Å². The summed E-state index contributed by atoms with van der Waals surface area (Å²) in [6.07, 6.45) is 0.382. The van der Waals surface area contributed by atoms with Gasteiger partial charge in [-0.2, -0.15) is 0 Å². The van der Waals surface area contributed by atoms with E-state index in [0.29, 0.717) is 27.1 Å². The second-order valence-corrected chi connectivity index (χ2v) is 5.44. The molecule has 0 aliphatic rings. The van der Waals surface area contributed by atoms with E-state index in [0.717, 1.165) is 0 Å². The van der Waals surface area contributed by atoms with Crippen LogP contribution in [0.5, 0.6) is 0 Å². The first-order valence-corrected chi connectivity index (χ1v) is 6.57. The van der Waals surface area contributed by atoms with E-state index in [1.807, 2.05) is 6.92 Å². The first-order valence-electron chi connectivity index (χ1n) is 5.44. The van der Waals surface area contributed by atoms with E-state index in [-0.39, 0.29) is 12.5 Å². The van der Waals surface area contributed by atoms with Crippen LogP contribution in [0.15, 0.2) is 12.1 Å². The van der Waals surface area contributed by atoms with Crippen molar-refractivity contribution in [2.45, 2.75) is 19.3 Å². The summed E-state index contributed by atoms with van der Waals surface area (Å²) in [4.78, 5) is 11.0. The van der Waals surface area contributed by atoms with Crippen LogP contribution in [0.1, 0.15) is 24.8 Å². The number of rotatable bonds is 5. The zero-order valence-electron chi connectivity index (χ0n) is 9.79. The summed E-state index contributed by atoms with van der Waals surface area (Å²) in [6, 6.07) is 3.19. The molecule has 1 aromatic rings. The lowest BCUT2D eigenvalue weighted by Gasteiger charge is -2.19. The zero-order chi connectivity index (χ0) is 13.9. The van der Waals surface area contributed by atoms with Gasteiger partial charge in [0.2, 0.25) is 0 Å². The zero-order valence-corrected chi connectivity index (χ0v) is 12.1. The first kappa shape index (κ1) is 15.6. The fourth-order valence-corrected chi connectivity index (χ4v) is 3.06. The normalized spacial score (nSPS) is 14.3. The summed E-state index contributed by atoms with van der Waals surface area (Å²) in [6.45, 7) is 1.95. The first-order chi connectivity index (χ1) is 8.36. The van der Waals surface area contributed by atoms with E-state index < -0.39 is 11.9 Å². The average Bonchev–Trinajstić information content (AvgIpc) is 2.23. The van der Waals surface area contributed by atoms with E-state index >= 15 is 0 Å². The molecule has 0 saturated heterocycles. The van der Waals surface area contributed by atoms with E-state index in [4.69, 9.17) is 45.6 Å². The standard InChI is InChI=1S/C12H14Cl3NO2/c1-6(2-7(5-16)12(17)18)11-9(14)3-8(13)4-10(11)15/h3-4,6-7H,2,5,16H2,1H3,(H,17,18). The van der Waals surface area contributed by atoms with Gasteiger partial charge in [0.25, 0.3) is 0 Å². The van der Waals surface area contributed by atoms with Gasteiger partial charge < -0.3 is 10.8 Å². The summed E-state index contributed by atoms with van der Waals surface area (Å²) >= 11 is 18.0. The lowest BCUT2D eigenvalue weighted by Crippen LogP contribution is -2.24. The molecule has 0 amide bonds. The van der Waals surface area contributed by atoms with Crippen molar-refractivity contribution in [3.8, 4) is 0 Å². The molecule has 18 heavy (non-hydrogen) atoms. The highest BCUT2D eigenvalue weighted by Crippen LogP contribution is 2.37. The molecular formula is C12H14Cl3NO2. The predicted octanol–water partition coefficient (Wildman–Crippen LogP) is 3.80. The summed E-state index contributed by atoms with van der Waals surface area (Å²) in [7, 11) is 0. The minimum Gasteiger partial charge on any atom is -0.481 e. The van der Waals surface area contributed by atoms with Gasteiger partial charge in [-0.15, -0.1) is 0 Å². The molecule has 6 heteroatoms. The van der Waals surface area contributed by atoms with E-state index in [2.05, 4.69) is 0 Å². The third kappa shape index (κ3) is 3.75. The lowest BCUT2D eigenvalue weighted by atomic mass is 9.90. The molecule has 1 rings (SSSR count). The Bertz CT molecular complexity index is 428. The maximum Gasteiger partial charge on any atom is 0.307 e. The highest BCUT2D eigenvalue weighted by Gasteiger charge is 2.22. The van der Waals surface area contributed by atoms with Crippen molar-refractivity contribution in [3.63, 3.8) is 0 Å². The number of carbonyl (C=O) groups is 1. The van der Waals surface area contributed by atoms with Crippen molar-refractivity contribution in [1.29, 1.82) is 0 Å². The summed E-state index contributed by atoms with van der Waals surface area (Å²) in [5, 5.41) is 10.3. The Hall–Kier alpha value is -0.480. The average molecular weight is 311 g/mol. The summed E-state index contributed by atoms with van der Waals surface area (Å²) in [5.41, 5.74) is 6.14. The van der Waals surface area contributed by atoms with Crippen molar-refractivity contribution < 1.29 is 9.90 Å². The van der Waals surface area contributed by atoms with E-state index in [9.17, 15) is 4.79 Å². The molecule has 0 aliphatic carbocycles. The molecule has 0 aliphatic heterocycles. The van der Waals surface area contributed by atoms with Crippen molar-refractivity contribution in [2.75, 3.05) is 6.54 Å². The molecule has 0 saturated carbocycles. The van der Waals surface area contributed by atoms with Gasteiger partial charge in [-0.25, -0.2) is 0 Å². The van der Waals surface area contributed by atoms with Crippen LogP contribution in [0.4, 0.5) is 0 Å². The number of hydrogen-bond acceptors (Lipinski definition) is 2. The third-order valence-corrected chi connectivity index (χ3v) is 3.65. The smallest absolute Gasteiger partial charge is 0.307 e. The Morgan fingerprint density at radius 3 is 2.22 bits per heavy atom. The number of carboxylic acids is 1. The van der Waals surface area contributed by atoms with Crippen molar-refractivity contribution in [1.82, 2.24) is 0 Å². The van der Waals surface area contributed by atoms with Gasteiger partial charge in [-0.1, -0.05) is 41.7 Å². The van der Waals surface area contributed by atoms with Crippen molar-refractivity contribution >= 4 is 40.8 Å². The van der Waals surface area contributed by atoms with Gasteiger partial charge in [0.05, 0.1) is 5.92 Å². The molecule has 0 bridgehead atoms. The molecule has 0 heterocycles. The van der Waals surface area contributed by atoms with Crippen molar-refractivity contribution in [2.24, 2.45) is 11.7 Å². The number of carboxylic acid groups (broad SMARTS) is 1.